The van der Waals surface area contributed by atoms with Gasteiger partial charge in [-0.05, 0) is 12.8 Å². The van der Waals surface area contributed by atoms with Gasteiger partial charge in [0.05, 0.1) is 11.2 Å². The number of hydrogen-bond acceptors (Lipinski definition) is 6. The van der Waals surface area contributed by atoms with E-state index < -0.39 is 0 Å². The highest BCUT2D eigenvalue weighted by Gasteiger charge is 2.31. The zero-order chi connectivity index (χ0) is 13.7. The molecule has 19 heavy (non-hydrogen) atoms. The van der Waals surface area contributed by atoms with Crippen LogP contribution in [0.5, 0.6) is 0 Å². The Balaban J connectivity index is 2.10. The highest BCUT2D eigenvalue weighted by atomic mass is 32.2. The Morgan fingerprint density at radius 2 is 2.16 bits per heavy atom. The average molecular weight is 301 g/mol. The summed E-state index contributed by atoms with van der Waals surface area (Å²) in [5, 5.41) is 5.19. The molecule has 3 unspecified atom stereocenters. The van der Waals surface area contributed by atoms with Gasteiger partial charge in [-0.2, -0.15) is 16.7 Å². The number of nitrogens with two attached hydrogens (primary N) is 1. The molecule has 1 saturated heterocycles. The Hall–Kier alpha value is -0.200. The summed E-state index contributed by atoms with van der Waals surface area (Å²) in [5.41, 5.74) is 5.79. The van der Waals surface area contributed by atoms with Crippen LogP contribution in [0.2, 0.25) is 0 Å². The predicted molar refractivity (Wildman–Crippen MR) is 82.7 cm³/mol. The van der Waals surface area contributed by atoms with Crippen molar-refractivity contribution in [3.63, 3.8) is 0 Å². The van der Waals surface area contributed by atoms with Crippen LogP contribution in [0.1, 0.15) is 56.0 Å². The third-order valence-electron chi connectivity index (χ3n) is 3.44. The molecule has 0 amide bonds. The maximum atomic E-state index is 5.79. The van der Waals surface area contributed by atoms with Gasteiger partial charge in [0.1, 0.15) is 0 Å². The van der Waals surface area contributed by atoms with Crippen molar-refractivity contribution in [1.82, 2.24) is 10.1 Å². The molecule has 3 atom stereocenters. The van der Waals surface area contributed by atoms with Crippen LogP contribution in [0.4, 0.5) is 0 Å². The van der Waals surface area contributed by atoms with Gasteiger partial charge in [-0.3, -0.25) is 0 Å². The van der Waals surface area contributed by atoms with Gasteiger partial charge in [0.2, 0.25) is 5.89 Å². The van der Waals surface area contributed by atoms with E-state index in [1.165, 1.54) is 11.5 Å². The van der Waals surface area contributed by atoms with E-state index in [0.717, 1.165) is 31.0 Å². The van der Waals surface area contributed by atoms with Crippen LogP contribution in [-0.2, 0) is 0 Å². The smallest absolute Gasteiger partial charge is 0.231 e. The molecule has 1 aromatic rings. The van der Waals surface area contributed by atoms with Crippen molar-refractivity contribution in [3.8, 4) is 0 Å². The first-order valence-electron chi connectivity index (χ1n) is 7.06. The van der Waals surface area contributed by atoms with Crippen LogP contribution in [0.25, 0.3) is 0 Å². The lowest BCUT2D eigenvalue weighted by Gasteiger charge is -2.27. The first kappa shape index (κ1) is 15.2. The van der Waals surface area contributed by atoms with Gasteiger partial charge in [0.15, 0.2) is 5.82 Å². The Morgan fingerprint density at radius 3 is 2.84 bits per heavy atom. The first-order chi connectivity index (χ1) is 9.30. The molecule has 6 heteroatoms. The molecule has 1 aliphatic heterocycles. The summed E-state index contributed by atoms with van der Waals surface area (Å²) in [7, 11) is 0. The van der Waals surface area contributed by atoms with Crippen molar-refractivity contribution < 1.29 is 4.52 Å². The fourth-order valence-corrected chi connectivity index (χ4v) is 5.34. The summed E-state index contributed by atoms with van der Waals surface area (Å²) in [4.78, 5) is 4.63. The van der Waals surface area contributed by atoms with E-state index in [4.69, 9.17) is 10.3 Å². The Morgan fingerprint density at radius 1 is 1.37 bits per heavy atom. The average Bonchev–Trinajstić information content (AvgIpc) is 2.94. The molecule has 4 nitrogen and oxygen atoms in total. The molecular weight excluding hydrogens is 278 g/mol. The van der Waals surface area contributed by atoms with Crippen LogP contribution in [0.15, 0.2) is 4.52 Å². The summed E-state index contributed by atoms with van der Waals surface area (Å²) < 4.78 is 5.45. The maximum absolute atomic E-state index is 5.79. The molecule has 0 saturated carbocycles. The zero-order valence-corrected chi connectivity index (χ0v) is 13.3. The van der Waals surface area contributed by atoms with E-state index in [1.54, 1.807) is 0 Å². The van der Waals surface area contributed by atoms with E-state index >= 15 is 0 Å². The van der Waals surface area contributed by atoms with Crippen LogP contribution in [0.3, 0.4) is 0 Å². The maximum Gasteiger partial charge on any atom is 0.231 e. The van der Waals surface area contributed by atoms with Crippen LogP contribution in [0, 0.1) is 0 Å². The number of thioether (sulfide) groups is 2. The highest BCUT2D eigenvalue weighted by Crippen LogP contribution is 2.43. The molecular formula is C13H23N3OS2. The molecule has 1 aliphatic rings. The second kappa shape index (κ2) is 7.55. The molecule has 0 spiro atoms. The van der Waals surface area contributed by atoms with Gasteiger partial charge in [0, 0.05) is 23.3 Å². The minimum Gasteiger partial charge on any atom is -0.339 e. The van der Waals surface area contributed by atoms with Gasteiger partial charge in [-0.25, -0.2) is 0 Å². The van der Waals surface area contributed by atoms with Crippen LogP contribution in [-0.4, -0.2) is 33.4 Å². The van der Waals surface area contributed by atoms with Crippen molar-refractivity contribution in [2.24, 2.45) is 5.73 Å². The third kappa shape index (κ3) is 3.67. The van der Waals surface area contributed by atoms with Crippen molar-refractivity contribution >= 4 is 23.5 Å². The quantitative estimate of drug-likeness (QED) is 0.870. The van der Waals surface area contributed by atoms with Gasteiger partial charge in [0.25, 0.3) is 0 Å². The summed E-state index contributed by atoms with van der Waals surface area (Å²) in [6, 6.07) is 0. The monoisotopic (exact) mass is 301 g/mol. The van der Waals surface area contributed by atoms with Crippen molar-refractivity contribution in [1.29, 1.82) is 0 Å². The number of hydrogen-bond donors (Lipinski definition) is 1. The zero-order valence-electron chi connectivity index (χ0n) is 11.7. The second-order valence-corrected chi connectivity index (χ2v) is 7.42. The molecule has 2 rings (SSSR count). The van der Waals surface area contributed by atoms with E-state index in [1.807, 2.05) is 23.5 Å². The van der Waals surface area contributed by atoms with Crippen molar-refractivity contribution in [2.45, 2.75) is 49.5 Å². The van der Waals surface area contributed by atoms with Gasteiger partial charge >= 0.3 is 0 Å². The fourth-order valence-electron chi connectivity index (χ4n) is 2.36. The lowest BCUT2D eigenvalue weighted by atomic mass is 10.0. The Bertz CT molecular complexity index is 386. The standard InChI is InChI=1S/C13H23N3OS2/c1-3-5-9(8-14)13-15-12(16-17-13)11-10(4-2)18-6-7-19-11/h9-11H,3-8,14H2,1-2H3. The van der Waals surface area contributed by atoms with Crippen LogP contribution >= 0.6 is 23.5 Å². The van der Waals surface area contributed by atoms with Gasteiger partial charge in [-0.15, -0.1) is 11.8 Å². The topological polar surface area (TPSA) is 64.9 Å². The summed E-state index contributed by atoms with van der Waals surface area (Å²) in [6.45, 7) is 4.97. The molecule has 2 heterocycles. The lowest BCUT2D eigenvalue weighted by Crippen LogP contribution is -2.19. The fraction of sp³-hybridized carbons (Fsp3) is 0.846. The molecule has 1 aromatic heterocycles. The third-order valence-corrected chi connectivity index (χ3v) is 6.68. The number of rotatable bonds is 6. The van der Waals surface area contributed by atoms with E-state index in [9.17, 15) is 0 Å². The molecule has 1 fully saturated rings. The van der Waals surface area contributed by atoms with E-state index in [0.29, 0.717) is 17.0 Å². The molecule has 0 bridgehead atoms. The Labute approximate surface area is 123 Å². The second-order valence-electron chi connectivity index (χ2n) is 4.82. The van der Waals surface area contributed by atoms with Crippen LogP contribution < -0.4 is 5.73 Å². The summed E-state index contributed by atoms with van der Waals surface area (Å²) in [6.07, 6.45) is 3.26. The van der Waals surface area contributed by atoms with Crippen molar-refractivity contribution in [3.05, 3.63) is 11.7 Å². The molecule has 2 N–H and O–H groups in total. The first-order valence-corrected chi connectivity index (χ1v) is 9.16. The normalized spacial score (nSPS) is 25.4. The molecule has 0 aliphatic carbocycles. The van der Waals surface area contributed by atoms with E-state index in [-0.39, 0.29) is 5.92 Å². The molecule has 0 radical (unpaired) electrons. The van der Waals surface area contributed by atoms with Gasteiger partial charge in [-0.1, -0.05) is 25.4 Å². The van der Waals surface area contributed by atoms with Crippen molar-refractivity contribution in [2.75, 3.05) is 18.1 Å². The minimum atomic E-state index is 0.215. The molecule has 108 valence electrons. The lowest BCUT2D eigenvalue weighted by molar-refractivity contribution is 0.343. The SMILES string of the molecule is CCCC(CN)c1nc(C2SCCSC2CC)no1. The van der Waals surface area contributed by atoms with E-state index in [2.05, 4.69) is 24.0 Å². The number of nitrogens with zero attached hydrogens (tertiary/aromatic N) is 2. The molecule has 0 aromatic carbocycles. The highest BCUT2D eigenvalue weighted by molar-refractivity contribution is 8.06. The minimum absolute atomic E-state index is 0.215. The number of aromatic nitrogens is 2. The summed E-state index contributed by atoms with van der Waals surface area (Å²) in [5.74, 6) is 4.21. The summed E-state index contributed by atoms with van der Waals surface area (Å²) >= 11 is 3.99. The largest absolute Gasteiger partial charge is 0.339 e. The Kier molecular flexibility index (Phi) is 6.04. The van der Waals surface area contributed by atoms with Gasteiger partial charge < -0.3 is 10.3 Å². The predicted octanol–water partition coefficient (Wildman–Crippen LogP) is 3.21.